The number of allylic oxidation sites excluding steroid dienone is 10. The lowest BCUT2D eigenvalue weighted by Gasteiger charge is -2.18. The van der Waals surface area contributed by atoms with Crippen LogP contribution >= 0.6 is 0 Å². The first-order valence-electron chi connectivity index (χ1n) is 26.3. The number of unbranched alkanes of at least 4 members (excludes halogenated alkanes) is 26. The third-order valence-electron chi connectivity index (χ3n) is 11.3. The van der Waals surface area contributed by atoms with Crippen LogP contribution in [0.4, 0.5) is 0 Å². The van der Waals surface area contributed by atoms with Crippen molar-refractivity contribution in [1.82, 2.24) is 0 Å². The molecule has 0 rings (SSSR count). The second-order valence-electron chi connectivity index (χ2n) is 17.4. The van der Waals surface area contributed by atoms with Gasteiger partial charge in [-0.1, -0.05) is 216 Å². The standard InChI is InChI=1S/C56H98O6/c1-4-7-10-13-16-19-22-25-27-29-31-34-37-40-43-46-49-55(58)61-52-53(51-60-54(57)48-45-42-39-36-33-30-24-21-18-15-12-9-6-3)62-56(59)50-47-44-41-38-35-32-28-26-23-20-17-14-11-8-5-2/h9,12,18-19,21-22,27,29-30,33,53H,4-8,10-11,13-17,20,23-26,28,31-32,34-52H2,1-3H3/b12-9-,21-18-,22-19-,29-27-,33-30-. The Balaban J connectivity index is 4.42. The van der Waals surface area contributed by atoms with Crippen molar-refractivity contribution >= 4 is 17.9 Å². The molecule has 0 aliphatic carbocycles. The van der Waals surface area contributed by atoms with Gasteiger partial charge in [-0.3, -0.25) is 14.4 Å². The maximum atomic E-state index is 12.8. The van der Waals surface area contributed by atoms with Gasteiger partial charge in [-0.05, 0) is 83.5 Å². The van der Waals surface area contributed by atoms with Crippen molar-refractivity contribution in [2.45, 2.75) is 264 Å². The molecular weight excluding hydrogens is 769 g/mol. The topological polar surface area (TPSA) is 78.9 Å². The molecule has 0 spiro atoms. The lowest BCUT2D eigenvalue weighted by atomic mass is 10.0. The summed E-state index contributed by atoms with van der Waals surface area (Å²) in [5, 5.41) is 0. The highest BCUT2D eigenvalue weighted by Crippen LogP contribution is 2.15. The Kier molecular flexibility index (Phi) is 48.4. The van der Waals surface area contributed by atoms with E-state index in [1.165, 1.54) is 116 Å². The first-order valence-corrected chi connectivity index (χ1v) is 26.3. The summed E-state index contributed by atoms with van der Waals surface area (Å²) in [7, 11) is 0. The average Bonchev–Trinajstić information content (AvgIpc) is 3.27. The van der Waals surface area contributed by atoms with E-state index < -0.39 is 6.10 Å². The van der Waals surface area contributed by atoms with E-state index in [4.69, 9.17) is 14.2 Å². The molecule has 0 amide bonds. The first-order chi connectivity index (χ1) is 30.5. The van der Waals surface area contributed by atoms with Gasteiger partial charge in [0.2, 0.25) is 0 Å². The fraction of sp³-hybridized carbons (Fsp3) is 0.768. The summed E-state index contributed by atoms with van der Waals surface area (Å²) in [6.45, 7) is 6.48. The van der Waals surface area contributed by atoms with Crippen molar-refractivity contribution in [2.75, 3.05) is 13.2 Å². The van der Waals surface area contributed by atoms with Gasteiger partial charge in [0, 0.05) is 19.3 Å². The van der Waals surface area contributed by atoms with Crippen molar-refractivity contribution in [3.05, 3.63) is 60.8 Å². The lowest BCUT2D eigenvalue weighted by molar-refractivity contribution is -0.167. The van der Waals surface area contributed by atoms with E-state index >= 15 is 0 Å². The number of carbonyl (C=O) groups is 3. The van der Waals surface area contributed by atoms with Crippen molar-refractivity contribution in [3.63, 3.8) is 0 Å². The Morgan fingerprint density at radius 1 is 0.339 bits per heavy atom. The Bertz CT molecular complexity index is 1130. The van der Waals surface area contributed by atoms with Crippen LogP contribution in [0.25, 0.3) is 0 Å². The Labute approximate surface area is 383 Å². The summed E-state index contributed by atoms with van der Waals surface area (Å²) >= 11 is 0. The molecule has 358 valence electrons. The van der Waals surface area contributed by atoms with Crippen LogP contribution < -0.4 is 0 Å². The van der Waals surface area contributed by atoms with Crippen LogP contribution in [0.15, 0.2) is 60.8 Å². The molecule has 0 radical (unpaired) electrons. The molecule has 1 unspecified atom stereocenters. The number of rotatable bonds is 47. The molecule has 0 aliphatic heterocycles. The number of esters is 3. The van der Waals surface area contributed by atoms with Crippen LogP contribution in [0.5, 0.6) is 0 Å². The van der Waals surface area contributed by atoms with E-state index in [1.807, 2.05) is 0 Å². The van der Waals surface area contributed by atoms with Gasteiger partial charge in [0.05, 0.1) is 0 Å². The van der Waals surface area contributed by atoms with E-state index in [2.05, 4.69) is 81.5 Å². The third-order valence-corrected chi connectivity index (χ3v) is 11.3. The van der Waals surface area contributed by atoms with E-state index in [0.717, 1.165) is 103 Å². The van der Waals surface area contributed by atoms with Gasteiger partial charge in [-0.25, -0.2) is 0 Å². The summed E-state index contributed by atoms with van der Waals surface area (Å²) in [6, 6.07) is 0. The van der Waals surface area contributed by atoms with Gasteiger partial charge < -0.3 is 14.2 Å². The molecule has 0 aromatic carbocycles. The van der Waals surface area contributed by atoms with Crippen molar-refractivity contribution < 1.29 is 28.6 Å². The van der Waals surface area contributed by atoms with Gasteiger partial charge in [0.15, 0.2) is 6.10 Å². The highest BCUT2D eigenvalue weighted by atomic mass is 16.6. The number of carbonyl (C=O) groups excluding carboxylic acids is 3. The lowest BCUT2D eigenvalue weighted by Crippen LogP contribution is -2.30. The van der Waals surface area contributed by atoms with Crippen LogP contribution in [0, 0.1) is 0 Å². The number of hydrogen-bond acceptors (Lipinski definition) is 6. The molecule has 0 aromatic rings. The fourth-order valence-electron chi connectivity index (χ4n) is 7.31. The maximum absolute atomic E-state index is 12.8. The SMILES string of the molecule is CC/C=C\C/C=C\C/C=C\CCCCCC(=O)OCC(COC(=O)CCCCCCC/C=C\C/C=C\CCCCCC)OC(=O)CCCCCCCCCCCCCCCCC. The molecule has 0 saturated heterocycles. The molecule has 0 fully saturated rings. The molecule has 0 saturated carbocycles. The minimum Gasteiger partial charge on any atom is -0.462 e. The van der Waals surface area contributed by atoms with Gasteiger partial charge in [-0.2, -0.15) is 0 Å². The van der Waals surface area contributed by atoms with Gasteiger partial charge in [0.1, 0.15) is 13.2 Å². The van der Waals surface area contributed by atoms with Crippen LogP contribution in [-0.2, 0) is 28.6 Å². The molecule has 6 nitrogen and oxygen atoms in total. The predicted octanol–water partition coefficient (Wildman–Crippen LogP) is 17.3. The summed E-state index contributed by atoms with van der Waals surface area (Å²) in [5.41, 5.74) is 0. The largest absolute Gasteiger partial charge is 0.462 e. The smallest absolute Gasteiger partial charge is 0.306 e. The highest BCUT2D eigenvalue weighted by molar-refractivity contribution is 5.71. The molecule has 0 heterocycles. The second kappa shape index (κ2) is 50.8. The van der Waals surface area contributed by atoms with E-state index in [0.29, 0.717) is 19.3 Å². The van der Waals surface area contributed by atoms with Crippen LogP contribution in [0.1, 0.15) is 258 Å². The normalized spacial score (nSPS) is 12.5. The monoisotopic (exact) mass is 867 g/mol. The summed E-state index contributed by atoms with van der Waals surface area (Å²) < 4.78 is 16.8. The third kappa shape index (κ3) is 48.1. The molecule has 0 bridgehead atoms. The number of ether oxygens (including phenoxy) is 3. The van der Waals surface area contributed by atoms with E-state index in [9.17, 15) is 14.4 Å². The maximum Gasteiger partial charge on any atom is 0.306 e. The minimum absolute atomic E-state index is 0.0892. The van der Waals surface area contributed by atoms with Crippen molar-refractivity contribution in [2.24, 2.45) is 0 Å². The van der Waals surface area contributed by atoms with Crippen molar-refractivity contribution in [1.29, 1.82) is 0 Å². The Hall–Kier alpha value is -2.89. The minimum atomic E-state index is -0.789. The van der Waals surface area contributed by atoms with Crippen molar-refractivity contribution in [3.8, 4) is 0 Å². The predicted molar refractivity (Wildman–Crippen MR) is 265 cm³/mol. The van der Waals surface area contributed by atoms with Gasteiger partial charge in [0.25, 0.3) is 0 Å². The first kappa shape index (κ1) is 59.1. The van der Waals surface area contributed by atoms with Gasteiger partial charge in [-0.15, -0.1) is 0 Å². The molecule has 0 N–H and O–H groups in total. The molecule has 0 aromatic heterocycles. The molecule has 0 aliphatic rings. The van der Waals surface area contributed by atoms with E-state index in [1.54, 1.807) is 0 Å². The van der Waals surface area contributed by atoms with Crippen LogP contribution in [0.3, 0.4) is 0 Å². The average molecular weight is 867 g/mol. The molecular formula is C56H98O6. The van der Waals surface area contributed by atoms with Crippen LogP contribution in [0.2, 0.25) is 0 Å². The van der Waals surface area contributed by atoms with E-state index in [-0.39, 0.29) is 31.1 Å². The van der Waals surface area contributed by atoms with Gasteiger partial charge >= 0.3 is 17.9 Å². The quantitative estimate of drug-likeness (QED) is 0.0262. The summed E-state index contributed by atoms with van der Waals surface area (Å²) in [6.07, 6.45) is 62.0. The fourth-order valence-corrected chi connectivity index (χ4v) is 7.31. The summed E-state index contributed by atoms with van der Waals surface area (Å²) in [4.78, 5) is 38.0. The molecule has 1 atom stereocenters. The zero-order valence-electron chi connectivity index (χ0n) is 40.9. The molecule has 62 heavy (non-hydrogen) atoms. The van der Waals surface area contributed by atoms with Crippen LogP contribution in [-0.4, -0.2) is 37.2 Å². The molecule has 6 heteroatoms. The zero-order chi connectivity index (χ0) is 45.1. The highest BCUT2D eigenvalue weighted by Gasteiger charge is 2.19. The number of hydrogen-bond donors (Lipinski definition) is 0. The Morgan fingerprint density at radius 2 is 0.629 bits per heavy atom. The zero-order valence-corrected chi connectivity index (χ0v) is 40.9. The summed E-state index contributed by atoms with van der Waals surface area (Å²) in [5.74, 6) is -0.925. The second-order valence-corrected chi connectivity index (χ2v) is 17.4. The Morgan fingerprint density at radius 3 is 1.02 bits per heavy atom.